The molecule has 1 saturated carbocycles. The van der Waals surface area contributed by atoms with Crippen molar-refractivity contribution in [1.29, 1.82) is 0 Å². The van der Waals surface area contributed by atoms with E-state index in [1.165, 1.54) is 16.8 Å². The van der Waals surface area contributed by atoms with Gasteiger partial charge < -0.3 is 19.5 Å². The van der Waals surface area contributed by atoms with Crippen LogP contribution in [0.5, 0.6) is 0 Å². The molecule has 0 bridgehead atoms. The summed E-state index contributed by atoms with van der Waals surface area (Å²) in [5.41, 5.74) is 2.94. The fourth-order valence-electron chi connectivity index (χ4n) is 3.94. The van der Waals surface area contributed by atoms with E-state index in [0.717, 1.165) is 13.1 Å². The lowest BCUT2D eigenvalue weighted by atomic mass is 10.0. The predicted molar refractivity (Wildman–Crippen MR) is 107 cm³/mol. The van der Waals surface area contributed by atoms with Crippen LogP contribution in [0.2, 0.25) is 0 Å². The van der Waals surface area contributed by atoms with Gasteiger partial charge >= 0.3 is 0 Å². The van der Waals surface area contributed by atoms with Crippen molar-refractivity contribution >= 4 is 17.5 Å². The summed E-state index contributed by atoms with van der Waals surface area (Å²) in [6, 6.07) is 9.95. The monoisotopic (exact) mass is 381 g/mol. The first kappa shape index (κ1) is 18.6. The smallest absolute Gasteiger partial charge is 0.238 e. The highest BCUT2D eigenvalue weighted by Crippen LogP contribution is 2.47. The molecule has 2 fully saturated rings. The number of anilines is 1. The average Bonchev–Trinajstić information content (AvgIpc) is 3.36. The molecule has 0 radical (unpaired) electrons. The van der Waals surface area contributed by atoms with Crippen molar-refractivity contribution in [3.8, 4) is 0 Å². The topological polar surface area (TPSA) is 65.8 Å². The second-order valence-electron chi connectivity index (χ2n) is 7.84. The Kier molecular flexibility index (Phi) is 4.87. The summed E-state index contributed by atoms with van der Waals surface area (Å²) in [6.07, 6.45) is 2.84. The second kappa shape index (κ2) is 7.34. The molecular weight excluding hydrogens is 354 g/mol. The Bertz CT molecular complexity index is 863. The average molecular weight is 381 g/mol. The number of piperazine rings is 1. The molecule has 1 saturated heterocycles. The largest absolute Gasteiger partial charge is 0.467 e. The van der Waals surface area contributed by atoms with Gasteiger partial charge in [-0.1, -0.05) is 12.1 Å². The maximum absolute atomic E-state index is 13.1. The van der Waals surface area contributed by atoms with E-state index in [9.17, 15) is 9.59 Å². The first-order valence-corrected chi connectivity index (χ1v) is 9.92. The van der Waals surface area contributed by atoms with Gasteiger partial charge in [0, 0.05) is 31.9 Å². The van der Waals surface area contributed by atoms with Crippen molar-refractivity contribution in [1.82, 2.24) is 10.2 Å². The Balaban J connectivity index is 1.36. The molecule has 1 N–H and O–H groups in total. The molecule has 2 amide bonds. The zero-order valence-corrected chi connectivity index (χ0v) is 16.5. The van der Waals surface area contributed by atoms with E-state index in [0.29, 0.717) is 38.2 Å². The summed E-state index contributed by atoms with van der Waals surface area (Å²) in [5.74, 6) is 0.495. The van der Waals surface area contributed by atoms with Crippen molar-refractivity contribution < 1.29 is 14.0 Å². The van der Waals surface area contributed by atoms with Gasteiger partial charge in [-0.25, -0.2) is 0 Å². The Morgan fingerprint density at radius 1 is 1.07 bits per heavy atom. The standard InChI is InChI=1S/C22H27N3O3/c1-16-5-3-7-19(17(16)2)24-10-12-25(13-11-24)21(27)22(8-9-22)20(26)23-15-18-6-4-14-28-18/h3-7,14H,8-13,15H2,1-2H3,(H,23,26). The maximum Gasteiger partial charge on any atom is 0.238 e. The number of carbonyl (C=O) groups is 2. The number of nitrogens with zero attached hydrogens (tertiary/aromatic N) is 2. The Labute approximate surface area is 165 Å². The summed E-state index contributed by atoms with van der Waals surface area (Å²) in [7, 11) is 0. The number of carbonyl (C=O) groups excluding carboxylic acids is 2. The summed E-state index contributed by atoms with van der Waals surface area (Å²) in [5, 5.41) is 2.87. The Morgan fingerprint density at radius 3 is 2.46 bits per heavy atom. The van der Waals surface area contributed by atoms with E-state index < -0.39 is 5.41 Å². The van der Waals surface area contributed by atoms with Gasteiger partial charge in [-0.2, -0.15) is 0 Å². The number of benzene rings is 1. The van der Waals surface area contributed by atoms with Crippen LogP contribution in [0, 0.1) is 19.3 Å². The number of hydrogen-bond acceptors (Lipinski definition) is 4. The van der Waals surface area contributed by atoms with Crippen LogP contribution in [0.1, 0.15) is 29.7 Å². The van der Waals surface area contributed by atoms with Crippen LogP contribution < -0.4 is 10.2 Å². The normalized spacial score (nSPS) is 18.1. The SMILES string of the molecule is Cc1cccc(N2CCN(C(=O)C3(C(=O)NCc4ccco4)CC3)CC2)c1C. The molecule has 0 spiro atoms. The van der Waals surface area contributed by atoms with E-state index in [1.807, 2.05) is 11.0 Å². The van der Waals surface area contributed by atoms with Crippen LogP contribution in [0.4, 0.5) is 5.69 Å². The molecule has 1 aliphatic heterocycles. The van der Waals surface area contributed by atoms with Crippen LogP contribution in [-0.2, 0) is 16.1 Å². The Morgan fingerprint density at radius 2 is 1.82 bits per heavy atom. The highest BCUT2D eigenvalue weighted by atomic mass is 16.3. The highest BCUT2D eigenvalue weighted by Gasteiger charge is 2.58. The number of furan rings is 1. The molecule has 0 unspecified atom stereocenters. The van der Waals surface area contributed by atoms with E-state index in [-0.39, 0.29) is 11.8 Å². The van der Waals surface area contributed by atoms with Crippen molar-refractivity contribution in [3.63, 3.8) is 0 Å². The molecule has 1 aromatic carbocycles. The Hall–Kier alpha value is -2.76. The highest BCUT2D eigenvalue weighted by molar-refractivity contribution is 6.07. The molecule has 4 rings (SSSR count). The van der Waals surface area contributed by atoms with Gasteiger partial charge in [0.2, 0.25) is 11.8 Å². The first-order chi connectivity index (χ1) is 13.5. The summed E-state index contributed by atoms with van der Waals surface area (Å²) in [6.45, 7) is 7.47. The van der Waals surface area contributed by atoms with Crippen LogP contribution in [-0.4, -0.2) is 42.9 Å². The third-order valence-corrected chi connectivity index (χ3v) is 6.08. The molecule has 2 aliphatic rings. The van der Waals surface area contributed by atoms with E-state index >= 15 is 0 Å². The third-order valence-electron chi connectivity index (χ3n) is 6.08. The molecule has 1 aromatic heterocycles. The van der Waals surface area contributed by atoms with Gasteiger partial charge in [-0.15, -0.1) is 0 Å². The van der Waals surface area contributed by atoms with Crippen molar-refractivity contribution in [2.45, 2.75) is 33.2 Å². The lowest BCUT2D eigenvalue weighted by molar-refractivity contribution is -0.144. The minimum absolute atomic E-state index is 0.0231. The van der Waals surface area contributed by atoms with Crippen LogP contribution in [0.15, 0.2) is 41.0 Å². The maximum atomic E-state index is 13.1. The zero-order valence-electron chi connectivity index (χ0n) is 16.5. The van der Waals surface area contributed by atoms with Gasteiger partial charge in [0.15, 0.2) is 0 Å². The quantitative estimate of drug-likeness (QED) is 0.809. The minimum atomic E-state index is -0.867. The molecule has 28 heavy (non-hydrogen) atoms. The van der Waals surface area contributed by atoms with Gasteiger partial charge in [0.1, 0.15) is 11.2 Å². The van der Waals surface area contributed by atoms with Crippen LogP contribution in [0.3, 0.4) is 0 Å². The van der Waals surface area contributed by atoms with Gasteiger partial charge in [-0.3, -0.25) is 9.59 Å². The third kappa shape index (κ3) is 3.39. The fourth-order valence-corrected chi connectivity index (χ4v) is 3.94. The summed E-state index contributed by atoms with van der Waals surface area (Å²) < 4.78 is 5.25. The van der Waals surface area contributed by atoms with E-state index in [4.69, 9.17) is 4.42 Å². The molecule has 148 valence electrons. The lowest BCUT2D eigenvalue weighted by Gasteiger charge is -2.38. The lowest BCUT2D eigenvalue weighted by Crippen LogP contribution is -2.53. The second-order valence-corrected chi connectivity index (χ2v) is 7.84. The molecule has 6 nitrogen and oxygen atoms in total. The number of aryl methyl sites for hydroxylation is 1. The van der Waals surface area contributed by atoms with E-state index in [1.54, 1.807) is 12.3 Å². The first-order valence-electron chi connectivity index (χ1n) is 9.92. The predicted octanol–water partition coefficient (Wildman–Crippen LogP) is 2.64. The molecule has 2 aromatic rings. The van der Waals surface area contributed by atoms with Crippen molar-refractivity contribution in [2.24, 2.45) is 5.41 Å². The van der Waals surface area contributed by atoms with Gasteiger partial charge in [0.05, 0.1) is 12.8 Å². The number of amides is 2. The summed E-state index contributed by atoms with van der Waals surface area (Å²) in [4.78, 5) is 29.9. The number of hydrogen-bond donors (Lipinski definition) is 1. The zero-order chi connectivity index (χ0) is 19.7. The molecule has 6 heteroatoms. The fraction of sp³-hybridized carbons (Fsp3) is 0.455. The van der Waals surface area contributed by atoms with Gasteiger partial charge in [-0.05, 0) is 56.0 Å². The van der Waals surface area contributed by atoms with Crippen LogP contribution in [0.25, 0.3) is 0 Å². The number of rotatable bonds is 5. The molecular formula is C22H27N3O3. The van der Waals surface area contributed by atoms with Crippen LogP contribution >= 0.6 is 0 Å². The molecule has 1 aliphatic carbocycles. The molecule has 2 heterocycles. The number of nitrogens with one attached hydrogen (secondary N) is 1. The van der Waals surface area contributed by atoms with E-state index in [2.05, 4.69) is 42.3 Å². The minimum Gasteiger partial charge on any atom is -0.467 e. The van der Waals surface area contributed by atoms with Crippen molar-refractivity contribution in [2.75, 3.05) is 31.1 Å². The molecule has 0 atom stereocenters. The summed E-state index contributed by atoms with van der Waals surface area (Å²) >= 11 is 0. The van der Waals surface area contributed by atoms with Crippen molar-refractivity contribution in [3.05, 3.63) is 53.5 Å². The van der Waals surface area contributed by atoms with Gasteiger partial charge in [0.25, 0.3) is 0 Å².